The van der Waals surface area contributed by atoms with Crippen LogP contribution < -0.4 is 20.5 Å². The van der Waals surface area contributed by atoms with Gasteiger partial charge in [-0.3, -0.25) is 4.79 Å². The zero-order valence-corrected chi connectivity index (χ0v) is 12.5. The number of hydrogen-bond donors (Lipinski definition) is 2. The lowest BCUT2D eigenvalue weighted by molar-refractivity contribution is -0.117. The van der Waals surface area contributed by atoms with Gasteiger partial charge in [-0.25, -0.2) is 0 Å². The minimum atomic E-state index is -0.665. The molecule has 1 unspecified atom stereocenters. The van der Waals surface area contributed by atoms with Crippen LogP contribution in [0.3, 0.4) is 0 Å². The number of rotatable bonds is 7. The molecule has 1 amide bonds. The van der Waals surface area contributed by atoms with E-state index in [9.17, 15) is 4.79 Å². The monoisotopic (exact) mass is 302 g/mol. The van der Waals surface area contributed by atoms with E-state index in [1.165, 1.54) is 14.2 Å². The van der Waals surface area contributed by atoms with Gasteiger partial charge >= 0.3 is 0 Å². The smallest absolute Gasteiger partial charge is 0.241 e. The van der Waals surface area contributed by atoms with Gasteiger partial charge in [0.05, 0.1) is 31.0 Å². The summed E-state index contributed by atoms with van der Waals surface area (Å²) in [6.07, 6.45) is 0.426. The molecule has 7 heteroatoms. The highest BCUT2D eigenvalue weighted by Crippen LogP contribution is 2.35. The second-order valence-corrected chi connectivity index (χ2v) is 4.47. The summed E-state index contributed by atoms with van der Waals surface area (Å²) in [5, 5.41) is 3.08. The molecule has 1 atom stereocenters. The van der Waals surface area contributed by atoms with Crippen molar-refractivity contribution in [1.29, 1.82) is 0 Å². The lowest BCUT2D eigenvalue weighted by atomic mass is 10.2. The van der Waals surface area contributed by atoms with Gasteiger partial charge in [0.15, 0.2) is 0 Å². The Morgan fingerprint density at radius 2 is 1.95 bits per heavy atom. The molecule has 20 heavy (non-hydrogen) atoms. The Bertz CT molecular complexity index is 468. The lowest BCUT2D eigenvalue weighted by Gasteiger charge is -2.15. The fourth-order valence-corrected chi connectivity index (χ4v) is 1.79. The number of nitrogens with two attached hydrogens (primary N) is 1. The maximum atomic E-state index is 11.9. The summed E-state index contributed by atoms with van der Waals surface area (Å²) >= 11 is 5.99. The molecule has 0 aliphatic carbocycles. The number of methoxy groups -OCH3 is 3. The van der Waals surface area contributed by atoms with Crippen molar-refractivity contribution in [2.24, 2.45) is 5.73 Å². The number of anilines is 1. The third-order valence-corrected chi connectivity index (χ3v) is 3.00. The number of ether oxygens (including phenoxy) is 3. The molecule has 0 radical (unpaired) electrons. The molecule has 1 rings (SSSR count). The summed E-state index contributed by atoms with van der Waals surface area (Å²) in [4.78, 5) is 11.9. The normalized spacial score (nSPS) is 11.8. The van der Waals surface area contributed by atoms with Crippen molar-refractivity contribution >= 4 is 23.2 Å². The zero-order chi connectivity index (χ0) is 15.1. The molecule has 112 valence electrons. The molecule has 0 aromatic heterocycles. The fraction of sp³-hybridized carbons (Fsp3) is 0.462. The molecule has 3 N–H and O–H groups in total. The molecule has 0 saturated carbocycles. The minimum Gasteiger partial charge on any atom is -0.495 e. The summed E-state index contributed by atoms with van der Waals surface area (Å²) in [6.45, 7) is 0.412. The highest BCUT2D eigenvalue weighted by molar-refractivity contribution is 6.32. The van der Waals surface area contributed by atoms with E-state index in [0.29, 0.717) is 35.2 Å². The molecule has 0 fully saturated rings. The zero-order valence-electron chi connectivity index (χ0n) is 11.7. The SMILES string of the molecule is COCCC(N)C(=O)Nc1cc(OC)c(Cl)cc1OC. The Morgan fingerprint density at radius 3 is 2.50 bits per heavy atom. The van der Waals surface area contributed by atoms with Crippen molar-refractivity contribution in [2.45, 2.75) is 12.5 Å². The van der Waals surface area contributed by atoms with Gasteiger partial charge in [-0.15, -0.1) is 0 Å². The number of halogens is 1. The quantitative estimate of drug-likeness (QED) is 0.800. The third-order valence-electron chi connectivity index (χ3n) is 2.70. The summed E-state index contributed by atoms with van der Waals surface area (Å²) in [5.74, 6) is 0.543. The van der Waals surface area contributed by atoms with Gasteiger partial charge in [0, 0.05) is 25.8 Å². The van der Waals surface area contributed by atoms with Crippen LogP contribution in [0.2, 0.25) is 5.02 Å². The van der Waals surface area contributed by atoms with Gasteiger partial charge in [-0.2, -0.15) is 0 Å². The van der Waals surface area contributed by atoms with Gasteiger partial charge in [-0.1, -0.05) is 11.6 Å². The fourth-order valence-electron chi connectivity index (χ4n) is 1.56. The van der Waals surface area contributed by atoms with E-state index in [1.54, 1.807) is 19.2 Å². The Kier molecular flexibility index (Phi) is 6.57. The van der Waals surface area contributed by atoms with E-state index in [2.05, 4.69) is 5.32 Å². The first-order valence-electron chi connectivity index (χ1n) is 6.00. The van der Waals surface area contributed by atoms with E-state index in [1.807, 2.05) is 0 Å². The topological polar surface area (TPSA) is 82.8 Å². The van der Waals surface area contributed by atoms with Crippen molar-refractivity contribution in [1.82, 2.24) is 0 Å². The second-order valence-electron chi connectivity index (χ2n) is 4.06. The maximum Gasteiger partial charge on any atom is 0.241 e. The second kappa shape index (κ2) is 7.94. The van der Waals surface area contributed by atoms with Crippen LogP contribution in [0.4, 0.5) is 5.69 Å². The minimum absolute atomic E-state index is 0.329. The number of carbonyl (C=O) groups excluding carboxylic acids is 1. The molecule has 0 heterocycles. The van der Waals surface area contributed by atoms with E-state index >= 15 is 0 Å². The number of carbonyl (C=O) groups is 1. The summed E-state index contributed by atoms with van der Waals surface area (Å²) in [6, 6.07) is 2.49. The Morgan fingerprint density at radius 1 is 1.30 bits per heavy atom. The average Bonchev–Trinajstić information content (AvgIpc) is 2.45. The molecule has 0 saturated heterocycles. The first kappa shape index (κ1) is 16.6. The van der Waals surface area contributed by atoms with Crippen molar-refractivity contribution in [3.05, 3.63) is 17.2 Å². The largest absolute Gasteiger partial charge is 0.495 e. The molecular weight excluding hydrogens is 284 g/mol. The van der Waals surface area contributed by atoms with Gasteiger partial charge in [-0.05, 0) is 6.42 Å². The lowest BCUT2D eigenvalue weighted by Crippen LogP contribution is -2.36. The molecule has 0 bridgehead atoms. The molecular formula is C13H19ClN2O4. The predicted molar refractivity (Wildman–Crippen MR) is 77.7 cm³/mol. The number of nitrogens with one attached hydrogen (secondary N) is 1. The summed E-state index contributed by atoms with van der Waals surface area (Å²) in [7, 11) is 4.53. The van der Waals surface area contributed by atoms with Gasteiger partial charge in [0.2, 0.25) is 5.91 Å². The van der Waals surface area contributed by atoms with Gasteiger partial charge < -0.3 is 25.3 Å². The highest BCUT2D eigenvalue weighted by Gasteiger charge is 2.17. The Hall–Kier alpha value is -1.50. The molecule has 1 aromatic carbocycles. The average molecular weight is 303 g/mol. The standard InChI is InChI=1S/C13H19ClN2O4/c1-18-5-4-9(15)13(17)16-10-7-11(19-2)8(14)6-12(10)20-3/h6-7,9H,4-5,15H2,1-3H3,(H,16,17). The molecule has 0 aliphatic heterocycles. The van der Waals surface area contributed by atoms with E-state index in [0.717, 1.165) is 0 Å². The number of benzene rings is 1. The highest BCUT2D eigenvalue weighted by atomic mass is 35.5. The van der Waals surface area contributed by atoms with Crippen LogP contribution in [0.15, 0.2) is 12.1 Å². The Labute approximate surface area is 123 Å². The van der Waals surface area contributed by atoms with Crippen LogP contribution in [0.5, 0.6) is 11.5 Å². The molecule has 1 aromatic rings. The number of hydrogen-bond acceptors (Lipinski definition) is 5. The van der Waals surface area contributed by atoms with Gasteiger partial charge in [0.25, 0.3) is 0 Å². The van der Waals surface area contributed by atoms with Crippen LogP contribution in [-0.2, 0) is 9.53 Å². The van der Waals surface area contributed by atoms with Crippen LogP contribution in [0.1, 0.15) is 6.42 Å². The first-order chi connectivity index (χ1) is 9.53. The van der Waals surface area contributed by atoms with E-state index in [4.69, 9.17) is 31.5 Å². The molecule has 0 spiro atoms. The maximum absolute atomic E-state index is 11.9. The summed E-state index contributed by atoms with van der Waals surface area (Å²) < 4.78 is 15.2. The molecule has 0 aliphatic rings. The van der Waals surface area contributed by atoms with E-state index in [-0.39, 0.29) is 5.91 Å². The van der Waals surface area contributed by atoms with Crippen LogP contribution in [0.25, 0.3) is 0 Å². The third kappa shape index (κ3) is 4.26. The Balaban J connectivity index is 2.87. The van der Waals surface area contributed by atoms with Crippen LogP contribution in [0, 0.1) is 0 Å². The van der Waals surface area contributed by atoms with E-state index < -0.39 is 6.04 Å². The number of amides is 1. The van der Waals surface area contributed by atoms with Gasteiger partial charge in [0.1, 0.15) is 11.5 Å². The first-order valence-corrected chi connectivity index (χ1v) is 6.38. The van der Waals surface area contributed by atoms with Crippen molar-refractivity contribution in [3.63, 3.8) is 0 Å². The van der Waals surface area contributed by atoms with Crippen molar-refractivity contribution in [3.8, 4) is 11.5 Å². The van der Waals surface area contributed by atoms with Crippen molar-refractivity contribution < 1.29 is 19.0 Å². The van der Waals surface area contributed by atoms with Crippen LogP contribution >= 0.6 is 11.6 Å². The molecule has 6 nitrogen and oxygen atoms in total. The van der Waals surface area contributed by atoms with Crippen LogP contribution in [-0.4, -0.2) is 39.9 Å². The van der Waals surface area contributed by atoms with Crippen molar-refractivity contribution in [2.75, 3.05) is 33.3 Å². The summed E-state index contributed by atoms with van der Waals surface area (Å²) in [5.41, 5.74) is 6.20. The predicted octanol–water partition coefficient (Wildman–Crippen LogP) is 1.66.